The Balaban J connectivity index is 4.80. The SMILES string of the molecule is CCC(CC)CC(C)(C(=O)O)C(=O)NC. The zero-order valence-corrected chi connectivity index (χ0v) is 9.96. The van der Waals surface area contributed by atoms with Gasteiger partial charge in [0.15, 0.2) is 0 Å². The fraction of sp³-hybridized carbons (Fsp3) is 0.818. The molecule has 1 unspecified atom stereocenters. The first-order valence-corrected chi connectivity index (χ1v) is 5.37. The Morgan fingerprint density at radius 1 is 1.33 bits per heavy atom. The predicted molar refractivity (Wildman–Crippen MR) is 58.5 cm³/mol. The summed E-state index contributed by atoms with van der Waals surface area (Å²) in [6.07, 6.45) is 2.20. The monoisotopic (exact) mass is 215 g/mol. The van der Waals surface area contributed by atoms with E-state index < -0.39 is 17.3 Å². The molecule has 4 heteroatoms. The Kier molecular flexibility index (Phi) is 5.33. The van der Waals surface area contributed by atoms with Gasteiger partial charge in [-0.1, -0.05) is 26.7 Å². The summed E-state index contributed by atoms with van der Waals surface area (Å²) in [4.78, 5) is 22.7. The fourth-order valence-corrected chi connectivity index (χ4v) is 1.71. The Labute approximate surface area is 91.1 Å². The van der Waals surface area contributed by atoms with Crippen LogP contribution in [0.25, 0.3) is 0 Å². The molecule has 0 fully saturated rings. The third-order valence-corrected chi connectivity index (χ3v) is 3.05. The highest BCUT2D eigenvalue weighted by molar-refractivity contribution is 6.01. The molecule has 0 aromatic heterocycles. The van der Waals surface area contributed by atoms with E-state index in [2.05, 4.69) is 5.32 Å². The molecule has 4 nitrogen and oxygen atoms in total. The molecule has 0 aromatic rings. The van der Waals surface area contributed by atoms with Crippen molar-refractivity contribution in [1.82, 2.24) is 5.32 Å². The molecule has 1 atom stereocenters. The summed E-state index contributed by atoms with van der Waals surface area (Å²) in [5, 5.41) is 11.5. The molecule has 0 aliphatic carbocycles. The molecule has 0 saturated carbocycles. The second kappa shape index (κ2) is 5.73. The lowest BCUT2D eigenvalue weighted by Gasteiger charge is -2.26. The Morgan fingerprint density at radius 2 is 1.80 bits per heavy atom. The number of hydrogen-bond acceptors (Lipinski definition) is 2. The van der Waals surface area contributed by atoms with Gasteiger partial charge in [0.2, 0.25) is 5.91 Å². The molecular formula is C11H21NO3. The summed E-state index contributed by atoms with van der Waals surface area (Å²) in [6, 6.07) is 0. The molecule has 0 bridgehead atoms. The summed E-state index contributed by atoms with van der Waals surface area (Å²) in [6.45, 7) is 5.52. The molecule has 88 valence electrons. The first-order chi connectivity index (χ1) is 6.92. The summed E-state index contributed by atoms with van der Waals surface area (Å²) in [5.74, 6) is -1.18. The second-order valence-corrected chi connectivity index (χ2v) is 4.10. The normalized spacial score (nSPS) is 14.7. The van der Waals surface area contributed by atoms with E-state index in [1.807, 2.05) is 13.8 Å². The van der Waals surface area contributed by atoms with E-state index in [9.17, 15) is 9.59 Å². The van der Waals surface area contributed by atoms with Crippen LogP contribution in [0, 0.1) is 11.3 Å². The summed E-state index contributed by atoms with van der Waals surface area (Å²) in [5.41, 5.74) is -1.30. The van der Waals surface area contributed by atoms with Gasteiger partial charge in [-0.15, -0.1) is 0 Å². The molecule has 0 radical (unpaired) electrons. The molecule has 0 aliphatic rings. The van der Waals surface area contributed by atoms with Gasteiger partial charge in [0, 0.05) is 7.05 Å². The van der Waals surface area contributed by atoms with Gasteiger partial charge in [0.25, 0.3) is 0 Å². The van der Waals surface area contributed by atoms with E-state index in [4.69, 9.17) is 5.11 Å². The van der Waals surface area contributed by atoms with Gasteiger partial charge in [0.05, 0.1) is 0 Å². The molecule has 15 heavy (non-hydrogen) atoms. The summed E-state index contributed by atoms with van der Waals surface area (Å²) >= 11 is 0. The van der Waals surface area contributed by atoms with Gasteiger partial charge < -0.3 is 10.4 Å². The first-order valence-electron chi connectivity index (χ1n) is 5.37. The largest absolute Gasteiger partial charge is 0.480 e. The Bertz CT molecular complexity index is 236. The maximum Gasteiger partial charge on any atom is 0.318 e. The highest BCUT2D eigenvalue weighted by Gasteiger charge is 2.41. The third-order valence-electron chi connectivity index (χ3n) is 3.05. The quantitative estimate of drug-likeness (QED) is 0.662. The van der Waals surface area contributed by atoms with Crippen molar-refractivity contribution < 1.29 is 14.7 Å². The van der Waals surface area contributed by atoms with Gasteiger partial charge >= 0.3 is 5.97 Å². The van der Waals surface area contributed by atoms with Crippen LogP contribution in [0.1, 0.15) is 40.0 Å². The zero-order valence-electron chi connectivity index (χ0n) is 9.96. The fourth-order valence-electron chi connectivity index (χ4n) is 1.71. The van der Waals surface area contributed by atoms with E-state index in [1.165, 1.54) is 14.0 Å². The van der Waals surface area contributed by atoms with Crippen molar-refractivity contribution in [1.29, 1.82) is 0 Å². The number of rotatable bonds is 6. The molecule has 0 aromatic carbocycles. The lowest BCUT2D eigenvalue weighted by molar-refractivity contribution is -0.155. The minimum atomic E-state index is -1.30. The van der Waals surface area contributed by atoms with Gasteiger partial charge in [-0.25, -0.2) is 0 Å². The van der Waals surface area contributed by atoms with Crippen molar-refractivity contribution in [3.63, 3.8) is 0 Å². The van der Waals surface area contributed by atoms with Gasteiger partial charge in [-0.2, -0.15) is 0 Å². The van der Waals surface area contributed by atoms with Crippen molar-refractivity contribution in [3.05, 3.63) is 0 Å². The molecule has 0 heterocycles. The minimum absolute atomic E-state index is 0.281. The van der Waals surface area contributed by atoms with Crippen LogP contribution < -0.4 is 5.32 Å². The first kappa shape index (κ1) is 13.9. The summed E-state index contributed by atoms with van der Waals surface area (Å²) < 4.78 is 0. The Hall–Kier alpha value is -1.06. The van der Waals surface area contributed by atoms with Crippen molar-refractivity contribution >= 4 is 11.9 Å². The van der Waals surface area contributed by atoms with Crippen LogP contribution in [0.5, 0.6) is 0 Å². The molecule has 0 rings (SSSR count). The Morgan fingerprint density at radius 3 is 2.07 bits per heavy atom. The van der Waals surface area contributed by atoms with E-state index in [1.54, 1.807) is 0 Å². The number of aliphatic carboxylic acids is 1. The van der Waals surface area contributed by atoms with Crippen LogP contribution in [0.2, 0.25) is 0 Å². The molecular weight excluding hydrogens is 194 g/mol. The molecule has 0 aliphatic heterocycles. The topological polar surface area (TPSA) is 66.4 Å². The van der Waals surface area contributed by atoms with E-state index >= 15 is 0 Å². The predicted octanol–water partition coefficient (Wildman–Crippen LogP) is 1.65. The van der Waals surface area contributed by atoms with Crippen molar-refractivity contribution in [2.24, 2.45) is 11.3 Å². The van der Waals surface area contributed by atoms with Crippen LogP contribution in [0.15, 0.2) is 0 Å². The maximum atomic E-state index is 11.6. The van der Waals surface area contributed by atoms with Gasteiger partial charge in [0.1, 0.15) is 5.41 Å². The lowest BCUT2D eigenvalue weighted by atomic mass is 9.78. The van der Waals surface area contributed by atoms with Crippen LogP contribution >= 0.6 is 0 Å². The van der Waals surface area contributed by atoms with Gasteiger partial charge in [-0.3, -0.25) is 9.59 Å². The highest BCUT2D eigenvalue weighted by Crippen LogP contribution is 2.30. The summed E-state index contributed by atoms with van der Waals surface area (Å²) in [7, 11) is 1.47. The van der Waals surface area contributed by atoms with Crippen LogP contribution in [0.3, 0.4) is 0 Å². The lowest BCUT2D eigenvalue weighted by Crippen LogP contribution is -2.44. The van der Waals surface area contributed by atoms with Crippen molar-refractivity contribution in [2.75, 3.05) is 7.05 Å². The standard InChI is InChI=1S/C11H21NO3/c1-5-8(6-2)7-11(3,10(14)15)9(13)12-4/h8H,5-7H2,1-4H3,(H,12,13)(H,14,15). The van der Waals surface area contributed by atoms with Crippen molar-refractivity contribution in [3.8, 4) is 0 Å². The average Bonchev–Trinajstić information content (AvgIpc) is 2.23. The molecule has 0 spiro atoms. The van der Waals surface area contributed by atoms with Crippen molar-refractivity contribution in [2.45, 2.75) is 40.0 Å². The van der Waals surface area contributed by atoms with Crippen LogP contribution in [-0.2, 0) is 9.59 Å². The number of carbonyl (C=O) groups excluding carboxylic acids is 1. The van der Waals surface area contributed by atoms with Crippen LogP contribution in [0.4, 0.5) is 0 Å². The minimum Gasteiger partial charge on any atom is -0.480 e. The number of carbonyl (C=O) groups is 2. The molecule has 2 N–H and O–H groups in total. The number of carboxylic acid groups (broad SMARTS) is 1. The maximum absolute atomic E-state index is 11.6. The number of carboxylic acids is 1. The number of nitrogens with one attached hydrogen (secondary N) is 1. The number of hydrogen-bond donors (Lipinski definition) is 2. The van der Waals surface area contributed by atoms with E-state index in [0.717, 1.165) is 12.8 Å². The van der Waals surface area contributed by atoms with E-state index in [-0.39, 0.29) is 5.92 Å². The molecule has 0 saturated heterocycles. The van der Waals surface area contributed by atoms with Crippen LogP contribution in [-0.4, -0.2) is 24.0 Å². The molecule has 1 amide bonds. The second-order valence-electron chi connectivity index (χ2n) is 4.10. The number of amides is 1. The zero-order chi connectivity index (χ0) is 12.1. The van der Waals surface area contributed by atoms with Gasteiger partial charge in [-0.05, 0) is 19.3 Å². The third kappa shape index (κ3) is 3.22. The average molecular weight is 215 g/mol. The highest BCUT2D eigenvalue weighted by atomic mass is 16.4. The smallest absolute Gasteiger partial charge is 0.318 e. The van der Waals surface area contributed by atoms with E-state index in [0.29, 0.717) is 6.42 Å².